The van der Waals surface area contributed by atoms with Crippen LogP contribution in [0.15, 0.2) is 16.7 Å². The summed E-state index contributed by atoms with van der Waals surface area (Å²) in [5.74, 6) is 0.829. The molecular formula is C13H18BrNO2. The lowest BCUT2D eigenvalue weighted by molar-refractivity contribution is 0.0700. The van der Waals surface area contributed by atoms with Crippen molar-refractivity contribution in [3.8, 4) is 0 Å². The number of rotatable bonds is 2. The van der Waals surface area contributed by atoms with Crippen LogP contribution in [-0.4, -0.2) is 28.7 Å². The van der Waals surface area contributed by atoms with E-state index in [2.05, 4.69) is 15.9 Å². The third kappa shape index (κ3) is 2.73. The molecule has 0 aromatic carbocycles. The molecule has 4 heteroatoms. The molecule has 94 valence electrons. The number of halogens is 1. The molecule has 1 aromatic heterocycles. The van der Waals surface area contributed by atoms with Crippen LogP contribution in [0.25, 0.3) is 0 Å². The molecule has 17 heavy (non-hydrogen) atoms. The largest absolute Gasteiger partial charge is 0.469 e. The monoisotopic (exact) mass is 299 g/mol. The predicted molar refractivity (Wildman–Crippen MR) is 70.5 cm³/mol. The summed E-state index contributed by atoms with van der Waals surface area (Å²) in [6, 6.07) is 2.09. The fourth-order valence-electron chi connectivity index (χ4n) is 2.37. The van der Waals surface area contributed by atoms with Gasteiger partial charge in [0.2, 0.25) is 0 Å². The van der Waals surface area contributed by atoms with Gasteiger partial charge in [-0.3, -0.25) is 4.79 Å². The van der Waals surface area contributed by atoms with Gasteiger partial charge in [-0.05, 0) is 25.8 Å². The highest BCUT2D eigenvalue weighted by atomic mass is 79.9. The molecule has 1 fully saturated rings. The number of hydrogen-bond acceptors (Lipinski definition) is 2. The number of alkyl halides is 1. The minimum absolute atomic E-state index is 0.114. The molecule has 0 aliphatic carbocycles. The van der Waals surface area contributed by atoms with Gasteiger partial charge < -0.3 is 9.32 Å². The summed E-state index contributed by atoms with van der Waals surface area (Å²) in [6.45, 7) is 2.70. The molecule has 2 heterocycles. The van der Waals surface area contributed by atoms with E-state index in [0.717, 1.165) is 24.7 Å². The lowest BCUT2D eigenvalue weighted by Gasteiger charge is -2.28. The maximum absolute atomic E-state index is 12.4. The van der Waals surface area contributed by atoms with Crippen LogP contribution in [-0.2, 0) is 0 Å². The Morgan fingerprint density at radius 3 is 3.00 bits per heavy atom. The van der Waals surface area contributed by atoms with Crippen molar-refractivity contribution in [1.29, 1.82) is 0 Å². The van der Waals surface area contributed by atoms with Crippen molar-refractivity contribution in [1.82, 2.24) is 4.90 Å². The topological polar surface area (TPSA) is 33.5 Å². The molecule has 0 N–H and O–H groups in total. The normalized spacial score (nSPS) is 21.3. The van der Waals surface area contributed by atoms with E-state index in [9.17, 15) is 4.79 Å². The Morgan fingerprint density at radius 2 is 2.35 bits per heavy atom. The van der Waals surface area contributed by atoms with Crippen molar-refractivity contribution in [3.63, 3.8) is 0 Å². The quantitative estimate of drug-likeness (QED) is 0.785. The summed E-state index contributed by atoms with van der Waals surface area (Å²) in [4.78, 5) is 14.4. The number of carbonyl (C=O) groups is 1. The fourth-order valence-corrected chi connectivity index (χ4v) is 3.04. The van der Waals surface area contributed by atoms with Crippen molar-refractivity contribution >= 4 is 21.8 Å². The van der Waals surface area contributed by atoms with E-state index in [4.69, 9.17) is 4.42 Å². The van der Waals surface area contributed by atoms with Gasteiger partial charge in [-0.25, -0.2) is 0 Å². The van der Waals surface area contributed by atoms with Gasteiger partial charge in [0.25, 0.3) is 5.91 Å². The standard InChI is InChI=1S/C13H18BrNO2/c1-10-12(6-8-17-10)13(16)15-7-4-2-3-5-11(15)9-14/h6,8,11H,2-5,7,9H2,1H3. The van der Waals surface area contributed by atoms with E-state index in [1.165, 1.54) is 12.8 Å². The lowest BCUT2D eigenvalue weighted by Crippen LogP contribution is -2.41. The minimum Gasteiger partial charge on any atom is -0.469 e. The SMILES string of the molecule is Cc1occc1C(=O)N1CCCCCC1CBr. The molecule has 1 aliphatic rings. The van der Waals surface area contributed by atoms with E-state index in [1.54, 1.807) is 12.3 Å². The van der Waals surface area contributed by atoms with Gasteiger partial charge >= 0.3 is 0 Å². The summed E-state index contributed by atoms with van der Waals surface area (Å²) in [6.07, 6.45) is 6.21. The van der Waals surface area contributed by atoms with Crippen LogP contribution in [0.2, 0.25) is 0 Å². The first-order chi connectivity index (χ1) is 8.24. The summed E-state index contributed by atoms with van der Waals surface area (Å²) >= 11 is 3.52. The van der Waals surface area contributed by atoms with E-state index >= 15 is 0 Å². The van der Waals surface area contributed by atoms with E-state index in [0.29, 0.717) is 17.4 Å². The number of carbonyl (C=O) groups excluding carboxylic acids is 1. The molecule has 0 saturated carbocycles. The zero-order valence-corrected chi connectivity index (χ0v) is 11.7. The Hall–Kier alpha value is -0.770. The molecular weight excluding hydrogens is 282 g/mol. The Morgan fingerprint density at radius 1 is 1.53 bits per heavy atom. The minimum atomic E-state index is 0.114. The van der Waals surface area contributed by atoms with E-state index in [-0.39, 0.29) is 5.91 Å². The Balaban J connectivity index is 2.18. The summed E-state index contributed by atoms with van der Waals surface area (Å²) in [5.41, 5.74) is 0.706. The van der Waals surface area contributed by atoms with Crippen molar-refractivity contribution in [2.75, 3.05) is 11.9 Å². The van der Waals surface area contributed by atoms with Crippen LogP contribution < -0.4 is 0 Å². The van der Waals surface area contributed by atoms with Crippen molar-refractivity contribution in [2.24, 2.45) is 0 Å². The van der Waals surface area contributed by atoms with Crippen LogP contribution in [0, 0.1) is 6.92 Å². The maximum atomic E-state index is 12.4. The van der Waals surface area contributed by atoms with Crippen LogP contribution in [0.3, 0.4) is 0 Å². The average Bonchev–Trinajstić information content (AvgIpc) is 2.64. The van der Waals surface area contributed by atoms with Crippen molar-refractivity contribution < 1.29 is 9.21 Å². The number of amides is 1. The zero-order valence-electron chi connectivity index (χ0n) is 10.1. The second kappa shape index (κ2) is 5.71. The van der Waals surface area contributed by atoms with Crippen molar-refractivity contribution in [2.45, 2.75) is 38.6 Å². The van der Waals surface area contributed by atoms with Gasteiger partial charge in [-0.2, -0.15) is 0 Å². The highest BCUT2D eigenvalue weighted by Crippen LogP contribution is 2.22. The van der Waals surface area contributed by atoms with Crippen LogP contribution in [0.1, 0.15) is 41.8 Å². The molecule has 2 rings (SSSR count). The summed E-state index contributed by atoms with van der Waals surface area (Å²) < 4.78 is 5.22. The molecule has 3 nitrogen and oxygen atoms in total. The highest BCUT2D eigenvalue weighted by molar-refractivity contribution is 9.09. The lowest BCUT2D eigenvalue weighted by atomic mass is 10.1. The average molecular weight is 300 g/mol. The fraction of sp³-hybridized carbons (Fsp3) is 0.615. The molecule has 1 atom stereocenters. The van der Waals surface area contributed by atoms with Gasteiger partial charge in [0.05, 0.1) is 11.8 Å². The number of hydrogen-bond donors (Lipinski definition) is 0. The molecule has 0 spiro atoms. The van der Waals surface area contributed by atoms with Gasteiger partial charge in [-0.1, -0.05) is 28.8 Å². The molecule has 1 unspecified atom stereocenters. The number of aryl methyl sites for hydroxylation is 1. The molecule has 1 aromatic rings. The zero-order chi connectivity index (χ0) is 12.3. The molecule has 0 bridgehead atoms. The first-order valence-corrected chi connectivity index (χ1v) is 7.27. The van der Waals surface area contributed by atoms with Crippen LogP contribution >= 0.6 is 15.9 Å². The molecule has 1 saturated heterocycles. The number of furan rings is 1. The highest BCUT2D eigenvalue weighted by Gasteiger charge is 2.27. The Bertz CT molecular complexity index is 389. The van der Waals surface area contributed by atoms with Gasteiger partial charge in [-0.15, -0.1) is 0 Å². The van der Waals surface area contributed by atoms with Crippen LogP contribution in [0.4, 0.5) is 0 Å². The van der Waals surface area contributed by atoms with E-state index in [1.807, 2.05) is 11.8 Å². The third-order valence-electron chi connectivity index (χ3n) is 3.41. The van der Waals surface area contributed by atoms with Gasteiger partial charge in [0.1, 0.15) is 5.76 Å². The second-order valence-corrected chi connectivity index (χ2v) is 5.19. The van der Waals surface area contributed by atoms with Gasteiger partial charge in [0.15, 0.2) is 0 Å². The molecule has 1 aliphatic heterocycles. The second-order valence-electron chi connectivity index (χ2n) is 4.55. The molecule has 1 amide bonds. The smallest absolute Gasteiger partial charge is 0.257 e. The first-order valence-electron chi connectivity index (χ1n) is 6.15. The van der Waals surface area contributed by atoms with Crippen LogP contribution in [0.5, 0.6) is 0 Å². The first kappa shape index (κ1) is 12.7. The van der Waals surface area contributed by atoms with Gasteiger partial charge in [0, 0.05) is 17.9 Å². The summed E-state index contributed by atoms with van der Waals surface area (Å²) in [7, 11) is 0. The third-order valence-corrected chi connectivity index (χ3v) is 4.15. The maximum Gasteiger partial charge on any atom is 0.257 e. The van der Waals surface area contributed by atoms with Crippen molar-refractivity contribution in [3.05, 3.63) is 23.7 Å². The molecule has 0 radical (unpaired) electrons. The number of likely N-dealkylation sites (tertiary alicyclic amines) is 1. The van der Waals surface area contributed by atoms with E-state index < -0.39 is 0 Å². The summed E-state index contributed by atoms with van der Waals surface area (Å²) in [5, 5.41) is 0.857. The Labute approximate surface area is 110 Å². The predicted octanol–water partition coefficient (Wildman–Crippen LogP) is 3.37. The Kier molecular flexibility index (Phi) is 4.26. The number of nitrogens with zero attached hydrogens (tertiary/aromatic N) is 1.